The lowest BCUT2D eigenvalue weighted by molar-refractivity contribution is -0.120. The number of ketones is 1. The Labute approximate surface area is 154 Å². The molecule has 1 aromatic carbocycles. The van der Waals surface area contributed by atoms with E-state index in [9.17, 15) is 9.59 Å². The number of fused-ring (bicyclic) bond motifs is 1. The fraction of sp³-hybridized carbons (Fsp3) is 0.556. The number of amides is 1. The molecule has 0 saturated carbocycles. The Hall–Kier alpha value is -1.63. The van der Waals surface area contributed by atoms with Gasteiger partial charge in [0.15, 0.2) is 12.4 Å². The minimum Gasteiger partial charge on any atom is -0.482 e. The van der Waals surface area contributed by atoms with Gasteiger partial charge in [0.1, 0.15) is 5.75 Å². The summed E-state index contributed by atoms with van der Waals surface area (Å²) in [6.07, 6.45) is 0.798. The van der Waals surface area contributed by atoms with Crippen LogP contribution in [0, 0.1) is 5.92 Å². The highest BCUT2D eigenvalue weighted by molar-refractivity contribution is 6.01. The molecule has 0 bridgehead atoms. The molecule has 1 saturated heterocycles. The maximum atomic E-state index is 12.9. The molecule has 7 heteroatoms. The highest BCUT2D eigenvalue weighted by atomic mass is 35.5. The van der Waals surface area contributed by atoms with Gasteiger partial charge in [0.25, 0.3) is 5.91 Å². The Bertz CT molecular complexity index is 632. The van der Waals surface area contributed by atoms with E-state index in [1.165, 1.54) is 0 Å². The summed E-state index contributed by atoms with van der Waals surface area (Å²) in [6, 6.07) is 5.35. The number of anilines is 1. The second-order valence-corrected chi connectivity index (χ2v) is 6.31. The summed E-state index contributed by atoms with van der Waals surface area (Å²) in [6.45, 7) is 6.05. The van der Waals surface area contributed by atoms with Crippen molar-refractivity contribution in [1.29, 1.82) is 0 Å². The summed E-state index contributed by atoms with van der Waals surface area (Å²) in [5.74, 6) is 0.614. The summed E-state index contributed by atoms with van der Waals surface area (Å²) < 4.78 is 10.9. The molecule has 1 unspecified atom stereocenters. The quantitative estimate of drug-likeness (QED) is 0.744. The monoisotopic (exact) mass is 368 g/mol. The third kappa shape index (κ3) is 4.32. The van der Waals surface area contributed by atoms with Gasteiger partial charge in [-0.25, -0.2) is 0 Å². The van der Waals surface area contributed by atoms with E-state index in [0.29, 0.717) is 17.0 Å². The molecule has 0 N–H and O–H groups in total. The van der Waals surface area contributed by atoms with Crippen LogP contribution in [0.2, 0.25) is 0 Å². The third-order valence-electron chi connectivity index (χ3n) is 4.78. The van der Waals surface area contributed by atoms with Crippen LogP contribution in [0.4, 0.5) is 5.69 Å². The number of carbonyl (C=O) groups is 2. The number of likely N-dealkylation sites (N-methyl/N-ethyl adjacent to an activating group) is 1. The van der Waals surface area contributed by atoms with Crippen LogP contribution in [0.3, 0.4) is 0 Å². The Morgan fingerprint density at radius 1 is 1.28 bits per heavy atom. The van der Waals surface area contributed by atoms with Crippen molar-refractivity contribution in [1.82, 2.24) is 4.90 Å². The van der Waals surface area contributed by atoms with Gasteiger partial charge in [-0.3, -0.25) is 14.5 Å². The number of ether oxygens (including phenoxy) is 2. The van der Waals surface area contributed by atoms with E-state index in [1.54, 1.807) is 30.1 Å². The SMILES string of the molecule is CCC(CN1CCOCC1)C(=O)c1ccc2c(c1)OCC(=O)N2C.Cl. The number of carbonyl (C=O) groups excluding carboxylic acids is 2. The Morgan fingerprint density at radius 3 is 2.68 bits per heavy atom. The fourth-order valence-electron chi connectivity index (χ4n) is 3.16. The molecule has 0 spiro atoms. The molecule has 2 aliphatic heterocycles. The zero-order valence-electron chi connectivity index (χ0n) is 14.7. The third-order valence-corrected chi connectivity index (χ3v) is 4.78. The molecule has 1 amide bonds. The number of halogens is 1. The lowest BCUT2D eigenvalue weighted by Crippen LogP contribution is -2.41. The molecular weight excluding hydrogens is 344 g/mol. The van der Waals surface area contributed by atoms with Gasteiger partial charge >= 0.3 is 0 Å². The first-order valence-electron chi connectivity index (χ1n) is 8.48. The highest BCUT2D eigenvalue weighted by Crippen LogP contribution is 2.32. The van der Waals surface area contributed by atoms with E-state index in [4.69, 9.17) is 9.47 Å². The standard InChI is InChI=1S/C18H24N2O4.ClH/c1-3-13(11-20-6-8-23-9-7-20)18(22)14-4-5-15-16(10-14)24-12-17(21)19(15)2;/h4-5,10,13H,3,6-9,11-12H2,1-2H3;1H. The van der Waals surface area contributed by atoms with E-state index in [2.05, 4.69) is 4.90 Å². The molecule has 0 radical (unpaired) electrons. The van der Waals surface area contributed by atoms with Crippen LogP contribution in [-0.2, 0) is 9.53 Å². The lowest BCUT2D eigenvalue weighted by Gasteiger charge is -2.30. The first kappa shape index (κ1) is 19.7. The second-order valence-electron chi connectivity index (χ2n) is 6.31. The van der Waals surface area contributed by atoms with Crippen molar-refractivity contribution < 1.29 is 19.1 Å². The van der Waals surface area contributed by atoms with E-state index in [1.807, 2.05) is 6.92 Å². The average Bonchev–Trinajstić information content (AvgIpc) is 2.63. The van der Waals surface area contributed by atoms with Gasteiger partial charge in [-0.2, -0.15) is 0 Å². The smallest absolute Gasteiger partial charge is 0.264 e. The molecule has 2 heterocycles. The first-order valence-corrected chi connectivity index (χ1v) is 8.48. The Balaban J connectivity index is 0.00000225. The normalized spacial score (nSPS) is 18.8. The van der Waals surface area contributed by atoms with Crippen LogP contribution in [0.1, 0.15) is 23.7 Å². The predicted octanol–water partition coefficient (Wildman–Crippen LogP) is 2.00. The number of benzene rings is 1. The molecule has 2 aliphatic rings. The number of Topliss-reactive ketones (excluding diaryl/α,β-unsaturated/α-hetero) is 1. The van der Waals surface area contributed by atoms with Crippen LogP contribution >= 0.6 is 12.4 Å². The molecule has 138 valence electrons. The van der Waals surface area contributed by atoms with E-state index in [-0.39, 0.29) is 36.6 Å². The molecule has 1 fully saturated rings. The highest BCUT2D eigenvalue weighted by Gasteiger charge is 2.26. The molecule has 1 aromatic rings. The summed E-state index contributed by atoms with van der Waals surface area (Å²) in [5, 5.41) is 0. The largest absolute Gasteiger partial charge is 0.482 e. The van der Waals surface area contributed by atoms with Crippen LogP contribution in [0.25, 0.3) is 0 Å². The van der Waals surface area contributed by atoms with Gasteiger partial charge in [0.05, 0.1) is 18.9 Å². The van der Waals surface area contributed by atoms with Gasteiger partial charge in [-0.1, -0.05) is 6.92 Å². The number of hydrogen-bond acceptors (Lipinski definition) is 5. The minimum absolute atomic E-state index is 0. The molecular formula is C18H25ClN2O4. The van der Waals surface area contributed by atoms with E-state index < -0.39 is 0 Å². The predicted molar refractivity (Wildman–Crippen MR) is 98.0 cm³/mol. The summed E-state index contributed by atoms with van der Waals surface area (Å²) in [7, 11) is 1.72. The maximum Gasteiger partial charge on any atom is 0.264 e. The van der Waals surface area contributed by atoms with Gasteiger partial charge < -0.3 is 14.4 Å². The van der Waals surface area contributed by atoms with Crippen LogP contribution < -0.4 is 9.64 Å². The van der Waals surface area contributed by atoms with Crippen LogP contribution in [-0.4, -0.2) is 63.1 Å². The van der Waals surface area contributed by atoms with Gasteiger partial charge in [-0.15, -0.1) is 12.4 Å². The van der Waals surface area contributed by atoms with Gasteiger partial charge in [0.2, 0.25) is 0 Å². The lowest BCUT2D eigenvalue weighted by atomic mass is 9.94. The van der Waals surface area contributed by atoms with Crippen molar-refractivity contribution in [3.63, 3.8) is 0 Å². The molecule has 3 rings (SSSR count). The number of hydrogen-bond donors (Lipinski definition) is 0. The maximum absolute atomic E-state index is 12.9. The summed E-state index contributed by atoms with van der Waals surface area (Å²) >= 11 is 0. The number of nitrogens with zero attached hydrogens (tertiary/aromatic N) is 2. The van der Waals surface area contributed by atoms with Gasteiger partial charge in [-0.05, 0) is 24.6 Å². The Morgan fingerprint density at radius 2 is 2.00 bits per heavy atom. The van der Waals surface area contributed by atoms with E-state index >= 15 is 0 Å². The van der Waals surface area contributed by atoms with Crippen LogP contribution in [0.5, 0.6) is 5.75 Å². The van der Waals surface area contributed by atoms with E-state index in [0.717, 1.165) is 39.3 Å². The number of rotatable bonds is 5. The van der Waals surface area contributed by atoms with Crippen molar-refractivity contribution in [2.45, 2.75) is 13.3 Å². The molecule has 1 atom stereocenters. The van der Waals surface area contributed by atoms with Crippen molar-refractivity contribution in [2.75, 3.05) is 51.4 Å². The molecule has 0 aliphatic carbocycles. The number of morpholine rings is 1. The van der Waals surface area contributed by atoms with Crippen molar-refractivity contribution >= 4 is 29.8 Å². The van der Waals surface area contributed by atoms with Crippen molar-refractivity contribution in [2.24, 2.45) is 5.92 Å². The van der Waals surface area contributed by atoms with Crippen molar-refractivity contribution in [3.8, 4) is 5.75 Å². The molecule has 6 nitrogen and oxygen atoms in total. The summed E-state index contributed by atoms with van der Waals surface area (Å²) in [5.41, 5.74) is 1.36. The zero-order valence-corrected chi connectivity index (χ0v) is 15.5. The van der Waals surface area contributed by atoms with Crippen LogP contribution in [0.15, 0.2) is 18.2 Å². The Kier molecular flexibility index (Phi) is 6.81. The minimum atomic E-state index is -0.0830. The zero-order chi connectivity index (χ0) is 17.1. The molecule has 25 heavy (non-hydrogen) atoms. The second kappa shape index (κ2) is 8.65. The topological polar surface area (TPSA) is 59.1 Å². The van der Waals surface area contributed by atoms with Crippen molar-refractivity contribution in [3.05, 3.63) is 23.8 Å². The average molecular weight is 369 g/mol. The summed E-state index contributed by atoms with van der Waals surface area (Å²) in [4.78, 5) is 28.4. The fourth-order valence-corrected chi connectivity index (χ4v) is 3.16. The first-order chi connectivity index (χ1) is 11.6. The molecule has 0 aromatic heterocycles. The van der Waals surface area contributed by atoms with Gasteiger partial charge in [0, 0.05) is 38.2 Å².